The molecule has 2 aromatic carbocycles. The van der Waals surface area contributed by atoms with Gasteiger partial charge in [-0.3, -0.25) is 0 Å². The van der Waals surface area contributed by atoms with Crippen molar-refractivity contribution in [2.45, 2.75) is 64.7 Å². The highest BCUT2D eigenvalue weighted by molar-refractivity contribution is 14.1. The van der Waals surface area contributed by atoms with Crippen molar-refractivity contribution in [2.24, 2.45) is 5.92 Å². The third-order valence-electron chi connectivity index (χ3n) is 5.75. The molecule has 1 nitrogen and oxygen atoms in total. The molecule has 146 valence electrons. The first kappa shape index (κ1) is 21.4. The predicted molar refractivity (Wildman–Crippen MR) is 133 cm³/mol. The minimum atomic E-state index is 0.760. The molecule has 3 heteroatoms. The molecular formula is C24H30I2O. The van der Waals surface area contributed by atoms with Gasteiger partial charge in [-0.2, -0.15) is 0 Å². The van der Waals surface area contributed by atoms with Crippen LogP contribution in [0.2, 0.25) is 0 Å². The summed E-state index contributed by atoms with van der Waals surface area (Å²) >= 11 is 4.88. The van der Waals surface area contributed by atoms with E-state index < -0.39 is 0 Å². The third-order valence-corrected chi connectivity index (χ3v) is 8.97. The molecule has 0 heterocycles. The van der Waals surface area contributed by atoms with Gasteiger partial charge in [-0.25, -0.2) is 0 Å². The Hall–Kier alpha value is -0.300. The first-order valence-electron chi connectivity index (χ1n) is 10.3. The van der Waals surface area contributed by atoms with E-state index in [-0.39, 0.29) is 0 Å². The van der Waals surface area contributed by atoms with Gasteiger partial charge in [0.05, 0.1) is 10.2 Å². The number of ether oxygens (including phenoxy) is 1. The molecule has 3 rings (SSSR count). The predicted octanol–water partition coefficient (Wildman–Crippen LogP) is 8.43. The highest BCUT2D eigenvalue weighted by Crippen LogP contribution is 2.39. The van der Waals surface area contributed by atoms with Crippen LogP contribution in [0.3, 0.4) is 0 Å². The molecule has 0 atom stereocenters. The van der Waals surface area contributed by atoms with E-state index in [9.17, 15) is 0 Å². The Bertz CT molecular complexity index is 731. The Balaban J connectivity index is 1.71. The van der Waals surface area contributed by atoms with E-state index in [2.05, 4.69) is 95.4 Å². The Kier molecular flexibility index (Phi) is 8.30. The largest absolute Gasteiger partial charge is 0.492 e. The summed E-state index contributed by atoms with van der Waals surface area (Å²) in [7, 11) is 0. The Labute approximate surface area is 191 Å². The van der Waals surface area contributed by atoms with E-state index in [1.54, 1.807) is 0 Å². The van der Waals surface area contributed by atoms with Crippen molar-refractivity contribution in [3.8, 4) is 16.9 Å². The van der Waals surface area contributed by atoms with Crippen molar-refractivity contribution in [2.75, 3.05) is 6.61 Å². The van der Waals surface area contributed by atoms with Crippen molar-refractivity contribution in [1.82, 2.24) is 0 Å². The van der Waals surface area contributed by atoms with E-state index >= 15 is 0 Å². The highest BCUT2D eigenvalue weighted by atomic mass is 127. The van der Waals surface area contributed by atoms with E-state index in [1.807, 2.05) is 0 Å². The molecule has 2 aromatic rings. The zero-order chi connectivity index (χ0) is 19.2. The van der Waals surface area contributed by atoms with Gasteiger partial charge in [0.2, 0.25) is 0 Å². The maximum Gasteiger partial charge on any atom is 0.133 e. The maximum atomic E-state index is 5.87. The molecule has 1 saturated carbocycles. The van der Waals surface area contributed by atoms with Crippen LogP contribution in [-0.4, -0.2) is 6.61 Å². The van der Waals surface area contributed by atoms with Crippen LogP contribution < -0.4 is 4.74 Å². The second-order valence-electron chi connectivity index (χ2n) is 7.72. The van der Waals surface area contributed by atoms with E-state index in [0.717, 1.165) is 30.6 Å². The lowest BCUT2D eigenvalue weighted by Gasteiger charge is -2.28. The molecule has 0 saturated heterocycles. The molecule has 1 aliphatic rings. The number of rotatable bonds is 7. The quantitative estimate of drug-likeness (QED) is 0.295. The molecule has 0 N–H and O–H groups in total. The smallest absolute Gasteiger partial charge is 0.133 e. The van der Waals surface area contributed by atoms with Crippen molar-refractivity contribution >= 4 is 45.2 Å². The monoisotopic (exact) mass is 588 g/mol. The van der Waals surface area contributed by atoms with Crippen LogP contribution in [0.4, 0.5) is 0 Å². The molecule has 1 fully saturated rings. The highest BCUT2D eigenvalue weighted by Gasteiger charge is 2.22. The summed E-state index contributed by atoms with van der Waals surface area (Å²) in [5.41, 5.74) is 4.14. The number of benzene rings is 2. The van der Waals surface area contributed by atoms with Crippen LogP contribution in [0.25, 0.3) is 11.1 Å². The lowest BCUT2D eigenvalue weighted by Crippen LogP contribution is -2.13. The van der Waals surface area contributed by atoms with E-state index in [1.165, 1.54) is 62.4 Å². The molecule has 0 aromatic heterocycles. The number of hydrogen-bond acceptors (Lipinski definition) is 1. The van der Waals surface area contributed by atoms with Gasteiger partial charge in [-0.05, 0) is 118 Å². The average molecular weight is 588 g/mol. The molecule has 0 amide bonds. The normalized spacial score (nSPS) is 19.9. The Morgan fingerprint density at radius 1 is 0.852 bits per heavy atom. The lowest BCUT2D eigenvalue weighted by molar-refractivity contribution is 0.308. The van der Waals surface area contributed by atoms with Crippen molar-refractivity contribution < 1.29 is 4.74 Å². The fourth-order valence-electron chi connectivity index (χ4n) is 4.21. The van der Waals surface area contributed by atoms with Gasteiger partial charge in [-0.1, -0.05) is 51.0 Å². The number of halogens is 2. The van der Waals surface area contributed by atoms with Crippen LogP contribution in [-0.2, 0) is 0 Å². The van der Waals surface area contributed by atoms with Gasteiger partial charge in [0.25, 0.3) is 0 Å². The standard InChI is InChI=1S/C24H30I2O/c1-3-5-17-6-8-18(9-7-17)19-10-12-20(13-11-19)21-14-15-22(27-16-4-2)24(26)23(21)25/h10-15,17-18H,3-9,16H2,1-2H3. The first-order valence-corrected chi connectivity index (χ1v) is 12.5. The molecule has 27 heavy (non-hydrogen) atoms. The second kappa shape index (κ2) is 10.5. The maximum absolute atomic E-state index is 5.87. The topological polar surface area (TPSA) is 9.23 Å². The lowest BCUT2D eigenvalue weighted by atomic mass is 9.77. The van der Waals surface area contributed by atoms with Crippen molar-refractivity contribution in [3.05, 3.63) is 49.1 Å². The fourth-order valence-corrected chi connectivity index (χ4v) is 5.59. The molecule has 0 spiro atoms. The second-order valence-corrected chi connectivity index (χ2v) is 9.87. The molecular weight excluding hydrogens is 558 g/mol. The summed E-state index contributed by atoms with van der Waals surface area (Å²) in [6, 6.07) is 13.7. The van der Waals surface area contributed by atoms with Gasteiger partial charge in [-0.15, -0.1) is 0 Å². The van der Waals surface area contributed by atoms with Crippen LogP contribution in [0.5, 0.6) is 5.75 Å². The van der Waals surface area contributed by atoms with Crippen LogP contribution in [0.1, 0.15) is 70.3 Å². The first-order chi connectivity index (χ1) is 13.1. The Morgan fingerprint density at radius 2 is 1.56 bits per heavy atom. The van der Waals surface area contributed by atoms with Crippen molar-refractivity contribution in [3.63, 3.8) is 0 Å². The molecule has 1 aliphatic carbocycles. The minimum absolute atomic E-state index is 0.760. The fraction of sp³-hybridized carbons (Fsp3) is 0.500. The summed E-state index contributed by atoms with van der Waals surface area (Å²) in [6.07, 6.45) is 9.34. The zero-order valence-corrected chi connectivity index (χ0v) is 20.8. The van der Waals surface area contributed by atoms with Crippen LogP contribution in [0.15, 0.2) is 36.4 Å². The van der Waals surface area contributed by atoms with Gasteiger partial charge in [0.15, 0.2) is 0 Å². The summed E-state index contributed by atoms with van der Waals surface area (Å²) in [5.74, 6) is 2.74. The van der Waals surface area contributed by atoms with Crippen molar-refractivity contribution in [1.29, 1.82) is 0 Å². The Morgan fingerprint density at radius 3 is 2.19 bits per heavy atom. The van der Waals surface area contributed by atoms with Crippen LogP contribution in [0, 0.1) is 13.1 Å². The molecule has 0 unspecified atom stereocenters. The summed E-state index contributed by atoms with van der Waals surface area (Å²) in [4.78, 5) is 0. The molecule has 0 bridgehead atoms. The minimum Gasteiger partial charge on any atom is -0.492 e. The van der Waals surface area contributed by atoms with Gasteiger partial charge < -0.3 is 4.74 Å². The summed E-state index contributed by atoms with van der Waals surface area (Å²) in [5, 5.41) is 0. The average Bonchev–Trinajstić information content (AvgIpc) is 2.70. The van der Waals surface area contributed by atoms with E-state index in [0.29, 0.717) is 0 Å². The van der Waals surface area contributed by atoms with Gasteiger partial charge in [0.1, 0.15) is 5.75 Å². The zero-order valence-electron chi connectivity index (χ0n) is 16.4. The summed E-state index contributed by atoms with van der Waals surface area (Å²) in [6.45, 7) is 5.24. The molecule has 0 radical (unpaired) electrons. The van der Waals surface area contributed by atoms with E-state index in [4.69, 9.17) is 4.74 Å². The number of hydrogen-bond donors (Lipinski definition) is 0. The van der Waals surface area contributed by atoms with Gasteiger partial charge in [0, 0.05) is 3.57 Å². The summed E-state index contributed by atoms with van der Waals surface area (Å²) < 4.78 is 8.38. The van der Waals surface area contributed by atoms with Crippen LogP contribution >= 0.6 is 45.2 Å². The SMILES string of the molecule is CCCOc1ccc(-c2ccc(C3CCC(CCC)CC3)cc2)c(I)c1I. The molecule has 0 aliphatic heterocycles. The van der Waals surface area contributed by atoms with Gasteiger partial charge >= 0.3 is 0 Å². The third kappa shape index (κ3) is 5.40.